The predicted octanol–water partition coefficient (Wildman–Crippen LogP) is 4.08. The van der Waals surface area contributed by atoms with Crippen molar-refractivity contribution >= 4 is 32.6 Å². The zero-order valence-electron chi connectivity index (χ0n) is 20.8. The third-order valence-corrected chi connectivity index (χ3v) is 9.19. The summed E-state index contributed by atoms with van der Waals surface area (Å²) < 4.78 is 86.2. The summed E-state index contributed by atoms with van der Waals surface area (Å²) in [6.45, 7) is -1.26. The molecule has 1 atom stereocenters. The predicted molar refractivity (Wildman–Crippen MR) is 134 cm³/mol. The van der Waals surface area contributed by atoms with E-state index in [2.05, 4.69) is 10.3 Å². The quantitative estimate of drug-likeness (QED) is 0.409. The number of nitrogens with zero attached hydrogens (tertiary/aromatic N) is 2. The lowest BCUT2D eigenvalue weighted by molar-refractivity contribution is -0.0526. The second-order valence-corrected chi connectivity index (χ2v) is 11.6. The van der Waals surface area contributed by atoms with Crippen LogP contribution in [0.2, 0.25) is 0 Å². The van der Waals surface area contributed by atoms with E-state index in [0.29, 0.717) is 26.5 Å². The summed E-state index contributed by atoms with van der Waals surface area (Å²) in [7, 11) is -4.35. The van der Waals surface area contributed by atoms with Crippen LogP contribution in [0.25, 0.3) is 10.9 Å². The topological polar surface area (TPSA) is 115 Å². The Hall–Kier alpha value is -3.36. The van der Waals surface area contributed by atoms with Crippen molar-refractivity contribution in [2.45, 2.75) is 29.8 Å². The molecule has 0 unspecified atom stereocenters. The minimum atomic E-state index is -5.81. The maximum Gasteiger partial charge on any atom is 0.511 e. The number of para-hydroxylation sites is 1. The number of aliphatic hydroxyl groups is 1. The van der Waals surface area contributed by atoms with E-state index in [9.17, 15) is 35.9 Å². The number of aromatic nitrogens is 1. The van der Waals surface area contributed by atoms with E-state index in [1.165, 1.54) is 30.2 Å². The molecule has 14 heteroatoms. The van der Waals surface area contributed by atoms with Gasteiger partial charge >= 0.3 is 21.6 Å². The van der Waals surface area contributed by atoms with E-state index in [1.807, 2.05) is 0 Å². The summed E-state index contributed by atoms with van der Waals surface area (Å²) in [4.78, 5) is 17.3. The Morgan fingerprint density at radius 1 is 1.21 bits per heavy atom. The van der Waals surface area contributed by atoms with E-state index in [-0.39, 0.29) is 37.3 Å². The van der Waals surface area contributed by atoms with Crippen molar-refractivity contribution in [1.29, 1.82) is 0 Å². The highest BCUT2D eigenvalue weighted by molar-refractivity contribution is 7.90. The number of alkyl halides is 3. The smallest absolute Gasteiger partial charge is 0.497 e. The number of carbonyl (C=O) groups is 1. The van der Waals surface area contributed by atoms with E-state index < -0.39 is 52.0 Å². The van der Waals surface area contributed by atoms with Gasteiger partial charge in [-0.3, -0.25) is 0 Å². The molecule has 5 rings (SSSR count). The van der Waals surface area contributed by atoms with E-state index in [4.69, 9.17) is 4.74 Å². The van der Waals surface area contributed by atoms with Gasteiger partial charge in [-0.2, -0.15) is 17.5 Å². The summed E-state index contributed by atoms with van der Waals surface area (Å²) in [5, 5.41) is 13.3. The molecule has 210 valence electrons. The second-order valence-electron chi connectivity index (χ2n) is 9.70. The molecular formula is C25H26F4N4O5S. The minimum Gasteiger partial charge on any atom is -0.497 e. The number of urea groups is 1. The van der Waals surface area contributed by atoms with Gasteiger partial charge in [-0.1, -0.05) is 12.1 Å². The lowest BCUT2D eigenvalue weighted by Gasteiger charge is -2.49. The zero-order chi connectivity index (χ0) is 28.2. The maximum absolute atomic E-state index is 14.0. The summed E-state index contributed by atoms with van der Waals surface area (Å²) in [6.07, 6.45) is 0.261. The number of hydrogen-bond acceptors (Lipinski definition) is 5. The van der Waals surface area contributed by atoms with Crippen molar-refractivity contribution in [3.05, 3.63) is 59.5 Å². The number of aromatic amines is 1. The van der Waals surface area contributed by atoms with Gasteiger partial charge < -0.3 is 25.0 Å². The summed E-state index contributed by atoms with van der Waals surface area (Å²) >= 11 is 0. The van der Waals surface area contributed by atoms with Gasteiger partial charge in [-0.05, 0) is 42.7 Å². The first-order valence-electron chi connectivity index (χ1n) is 12.1. The lowest BCUT2D eigenvalue weighted by atomic mass is 9.69. The molecule has 2 amide bonds. The number of halogens is 4. The molecule has 9 nitrogen and oxygen atoms in total. The Morgan fingerprint density at radius 3 is 2.51 bits per heavy atom. The zero-order valence-corrected chi connectivity index (χ0v) is 21.6. The monoisotopic (exact) mass is 570 g/mol. The number of ether oxygens (including phenoxy) is 1. The molecule has 1 fully saturated rings. The highest BCUT2D eigenvalue weighted by atomic mass is 32.2. The fourth-order valence-electron chi connectivity index (χ4n) is 5.65. The molecule has 3 N–H and O–H groups in total. The molecule has 2 aliphatic heterocycles. The molecule has 39 heavy (non-hydrogen) atoms. The van der Waals surface area contributed by atoms with Crippen LogP contribution in [0.4, 0.5) is 28.0 Å². The first kappa shape index (κ1) is 27.2. The van der Waals surface area contributed by atoms with Crippen LogP contribution in [0.1, 0.15) is 30.1 Å². The van der Waals surface area contributed by atoms with E-state index >= 15 is 0 Å². The Balaban J connectivity index is 1.55. The Kier molecular flexibility index (Phi) is 6.75. The first-order chi connectivity index (χ1) is 18.4. The molecule has 0 radical (unpaired) electrons. The summed E-state index contributed by atoms with van der Waals surface area (Å²) in [5.74, 6) is -0.136. The van der Waals surface area contributed by atoms with Crippen LogP contribution < -0.4 is 10.1 Å². The van der Waals surface area contributed by atoms with Crippen LogP contribution in [0.3, 0.4) is 0 Å². The number of fused-ring (bicyclic) bond motifs is 4. The molecule has 0 aliphatic carbocycles. The van der Waals surface area contributed by atoms with Crippen LogP contribution in [0.5, 0.6) is 5.75 Å². The van der Waals surface area contributed by atoms with Gasteiger partial charge in [0.05, 0.1) is 25.4 Å². The summed E-state index contributed by atoms with van der Waals surface area (Å²) in [5.41, 5.74) is -5.38. The normalized spacial score (nSPS) is 19.7. The van der Waals surface area contributed by atoms with Crippen LogP contribution >= 0.6 is 0 Å². The Bertz CT molecular complexity index is 1520. The van der Waals surface area contributed by atoms with Crippen LogP contribution in [0.15, 0.2) is 42.5 Å². The molecule has 1 aromatic heterocycles. The lowest BCUT2D eigenvalue weighted by Crippen LogP contribution is -2.57. The second kappa shape index (κ2) is 9.68. The third kappa shape index (κ3) is 4.49. The van der Waals surface area contributed by atoms with Crippen molar-refractivity contribution in [2.75, 3.05) is 38.7 Å². The van der Waals surface area contributed by atoms with Gasteiger partial charge in [0, 0.05) is 47.7 Å². The van der Waals surface area contributed by atoms with Gasteiger partial charge in [0.2, 0.25) is 0 Å². The van der Waals surface area contributed by atoms with Crippen molar-refractivity contribution in [2.24, 2.45) is 0 Å². The highest BCUT2D eigenvalue weighted by Gasteiger charge is 2.58. The molecular weight excluding hydrogens is 544 g/mol. The van der Waals surface area contributed by atoms with Gasteiger partial charge in [-0.15, -0.1) is 0 Å². The fraction of sp³-hybridized carbons (Fsp3) is 0.400. The molecule has 1 spiro atoms. The molecule has 0 saturated carbocycles. The summed E-state index contributed by atoms with van der Waals surface area (Å²) in [6, 6.07) is 8.65. The van der Waals surface area contributed by atoms with E-state index in [0.717, 1.165) is 0 Å². The highest BCUT2D eigenvalue weighted by Crippen LogP contribution is 2.51. The van der Waals surface area contributed by atoms with Gasteiger partial charge in [0.25, 0.3) is 0 Å². The number of hydrogen-bond donors (Lipinski definition) is 3. The molecule has 2 aliphatic rings. The fourth-order valence-corrected chi connectivity index (χ4v) is 6.84. The van der Waals surface area contributed by atoms with Gasteiger partial charge in [0.15, 0.2) is 0 Å². The number of amides is 2. The number of methoxy groups -OCH3 is 1. The number of benzene rings is 2. The molecule has 2 aromatic carbocycles. The number of carbonyl (C=O) groups excluding carboxylic acids is 1. The Labute approximate surface area is 221 Å². The minimum absolute atomic E-state index is 0.0125. The number of aliphatic hydroxyl groups excluding tert-OH is 1. The molecule has 3 heterocycles. The van der Waals surface area contributed by atoms with E-state index in [1.54, 1.807) is 24.3 Å². The van der Waals surface area contributed by atoms with Crippen molar-refractivity contribution in [3.8, 4) is 5.75 Å². The number of likely N-dealkylation sites (tertiary alicyclic amines) is 1. The third-order valence-electron chi connectivity index (χ3n) is 7.60. The van der Waals surface area contributed by atoms with Crippen molar-refractivity contribution in [3.63, 3.8) is 0 Å². The van der Waals surface area contributed by atoms with Gasteiger partial charge in [-0.25, -0.2) is 17.6 Å². The average molecular weight is 571 g/mol. The average Bonchev–Trinajstić information content (AvgIpc) is 3.29. The maximum atomic E-state index is 14.0. The van der Waals surface area contributed by atoms with Crippen LogP contribution in [0, 0.1) is 5.82 Å². The first-order valence-corrected chi connectivity index (χ1v) is 13.6. The Morgan fingerprint density at radius 2 is 1.90 bits per heavy atom. The largest absolute Gasteiger partial charge is 0.511 e. The number of piperidine rings is 1. The molecule has 1 saturated heterocycles. The van der Waals surface area contributed by atoms with Crippen LogP contribution in [-0.2, 0) is 15.4 Å². The van der Waals surface area contributed by atoms with Crippen molar-refractivity contribution in [1.82, 2.24) is 14.2 Å². The number of rotatable bonds is 4. The molecule has 0 bridgehead atoms. The van der Waals surface area contributed by atoms with Crippen LogP contribution in [-0.4, -0.2) is 72.6 Å². The molecule has 3 aromatic rings. The van der Waals surface area contributed by atoms with Crippen molar-refractivity contribution < 1.29 is 40.6 Å². The number of nitrogens with one attached hydrogen (secondary N) is 2. The number of H-pyrrole nitrogens is 1. The van der Waals surface area contributed by atoms with Gasteiger partial charge in [0.1, 0.15) is 11.6 Å². The standard InChI is InChI=1S/C25H26F4N4O5S/c1-38-15-6-7-16-19(12-15)30-22-20(13-34)33(39(36,37)25(27,28)29)14-24(21(16)22)8-10-32(11-9-24)23(35)31-18-5-3-2-4-17(18)26/h2-7,12,20,30,34H,8-11,13-14H2,1H3,(H,31,35)/t20-/m0/s1. The number of anilines is 1. The SMILES string of the molecule is COc1ccc2c3c([nH]c2c1)[C@H](CO)N(S(=O)(=O)C(F)(F)F)CC31CCN(C(=O)Nc2ccccc2F)CC1. The number of sulfonamides is 1.